The first-order valence-electron chi connectivity index (χ1n) is 3.29. The van der Waals surface area contributed by atoms with Gasteiger partial charge in [-0.15, -0.1) is 0 Å². The number of aromatic amines is 1. The lowest BCUT2D eigenvalue weighted by Gasteiger charge is -1.96. The van der Waals surface area contributed by atoms with Crippen LogP contribution in [0, 0.1) is 0 Å². The Bertz CT molecular complexity index is 254. The second-order valence-corrected chi connectivity index (χ2v) is 1.98. The number of H-pyrrole nitrogens is 1. The van der Waals surface area contributed by atoms with Gasteiger partial charge in [0.15, 0.2) is 5.88 Å². The summed E-state index contributed by atoms with van der Waals surface area (Å²) < 4.78 is 4.66. The number of carbonyl (C=O) groups is 1. The molecule has 2 N–H and O–H groups in total. The molecule has 1 aromatic heterocycles. The number of rotatable bonds is 2. The minimum atomic E-state index is -0.451. The molecule has 0 radical (unpaired) electrons. The molecule has 11 heavy (non-hydrogen) atoms. The summed E-state index contributed by atoms with van der Waals surface area (Å²) in [5.41, 5.74) is 0.268. The molecule has 0 unspecified atom stereocenters. The lowest BCUT2D eigenvalue weighted by atomic mass is 10.4. The molecular formula is C7H9NO3. The summed E-state index contributed by atoms with van der Waals surface area (Å²) in [6, 6.07) is 2.86. The number of ether oxygens (including phenoxy) is 1. The number of hydrogen-bond acceptors (Lipinski definition) is 3. The molecule has 0 amide bonds. The maximum atomic E-state index is 10.9. The molecule has 0 saturated carbocycles. The van der Waals surface area contributed by atoms with E-state index >= 15 is 0 Å². The van der Waals surface area contributed by atoms with Crippen LogP contribution in [-0.4, -0.2) is 22.7 Å². The van der Waals surface area contributed by atoms with Gasteiger partial charge in [-0.25, -0.2) is 4.79 Å². The zero-order chi connectivity index (χ0) is 8.27. The summed E-state index contributed by atoms with van der Waals surface area (Å²) in [4.78, 5) is 13.3. The number of hydrogen-bond donors (Lipinski definition) is 2. The third-order valence-electron chi connectivity index (χ3n) is 1.17. The van der Waals surface area contributed by atoms with Gasteiger partial charge in [0.05, 0.1) is 6.61 Å². The van der Waals surface area contributed by atoms with Crippen LogP contribution in [0.15, 0.2) is 12.1 Å². The Kier molecular flexibility index (Phi) is 2.15. The standard InChI is InChI=1S/C7H9NO3/c1-2-11-7(10)5-3-4-6(9)8-5/h3-4,8-9H,2H2,1H3. The van der Waals surface area contributed by atoms with Gasteiger partial charge in [0.1, 0.15) is 5.69 Å². The monoisotopic (exact) mass is 155 g/mol. The Morgan fingerprint density at radius 1 is 1.73 bits per heavy atom. The highest BCUT2D eigenvalue weighted by atomic mass is 16.5. The van der Waals surface area contributed by atoms with Crippen molar-refractivity contribution in [2.24, 2.45) is 0 Å². The molecule has 0 spiro atoms. The number of aromatic hydroxyl groups is 1. The van der Waals surface area contributed by atoms with E-state index in [0.717, 1.165) is 0 Å². The predicted octanol–water partition coefficient (Wildman–Crippen LogP) is 0.897. The smallest absolute Gasteiger partial charge is 0.354 e. The molecule has 0 fully saturated rings. The number of esters is 1. The molecule has 0 aliphatic carbocycles. The van der Waals surface area contributed by atoms with Crippen LogP contribution in [0.4, 0.5) is 0 Å². The molecule has 4 nitrogen and oxygen atoms in total. The molecule has 0 aromatic carbocycles. The molecule has 0 bridgehead atoms. The van der Waals surface area contributed by atoms with E-state index in [1.54, 1.807) is 6.92 Å². The molecule has 1 rings (SSSR count). The molecule has 1 aromatic rings. The Morgan fingerprint density at radius 3 is 2.91 bits per heavy atom. The first-order valence-corrected chi connectivity index (χ1v) is 3.29. The highest BCUT2D eigenvalue weighted by molar-refractivity contribution is 5.87. The normalized spacial score (nSPS) is 9.55. The molecule has 0 atom stereocenters. The van der Waals surface area contributed by atoms with E-state index in [9.17, 15) is 4.79 Å². The molecule has 0 aliphatic heterocycles. The Labute approximate surface area is 63.8 Å². The number of aromatic nitrogens is 1. The quantitative estimate of drug-likeness (QED) is 0.623. The molecule has 0 saturated heterocycles. The SMILES string of the molecule is CCOC(=O)c1ccc(O)[nH]1. The zero-order valence-corrected chi connectivity index (χ0v) is 6.13. The summed E-state index contributed by atoms with van der Waals surface area (Å²) in [5, 5.41) is 8.81. The van der Waals surface area contributed by atoms with Crippen LogP contribution in [0.5, 0.6) is 5.88 Å². The van der Waals surface area contributed by atoms with E-state index in [1.807, 2.05) is 0 Å². The van der Waals surface area contributed by atoms with Crippen molar-refractivity contribution in [3.8, 4) is 5.88 Å². The predicted molar refractivity (Wildman–Crippen MR) is 38.4 cm³/mol. The third-order valence-corrected chi connectivity index (χ3v) is 1.17. The maximum absolute atomic E-state index is 10.9. The minimum Gasteiger partial charge on any atom is -0.495 e. The van der Waals surface area contributed by atoms with Crippen LogP contribution < -0.4 is 0 Å². The molecule has 4 heteroatoms. The van der Waals surface area contributed by atoms with Crippen molar-refractivity contribution in [1.29, 1.82) is 0 Å². The van der Waals surface area contributed by atoms with E-state index in [4.69, 9.17) is 5.11 Å². The topological polar surface area (TPSA) is 62.3 Å². The second-order valence-electron chi connectivity index (χ2n) is 1.98. The maximum Gasteiger partial charge on any atom is 0.354 e. The van der Waals surface area contributed by atoms with Gasteiger partial charge in [0, 0.05) is 6.07 Å². The van der Waals surface area contributed by atoms with Crippen molar-refractivity contribution < 1.29 is 14.6 Å². The molecule has 0 aliphatic rings. The van der Waals surface area contributed by atoms with Crippen molar-refractivity contribution >= 4 is 5.97 Å². The van der Waals surface area contributed by atoms with E-state index in [1.165, 1.54) is 12.1 Å². The molecule has 60 valence electrons. The van der Waals surface area contributed by atoms with E-state index < -0.39 is 5.97 Å². The Hall–Kier alpha value is -1.45. The van der Waals surface area contributed by atoms with Crippen LogP contribution in [0.3, 0.4) is 0 Å². The van der Waals surface area contributed by atoms with Gasteiger partial charge in [-0.2, -0.15) is 0 Å². The van der Waals surface area contributed by atoms with Crippen molar-refractivity contribution in [2.45, 2.75) is 6.92 Å². The van der Waals surface area contributed by atoms with Crippen LogP contribution in [0.25, 0.3) is 0 Å². The largest absolute Gasteiger partial charge is 0.495 e. The van der Waals surface area contributed by atoms with Crippen molar-refractivity contribution in [3.63, 3.8) is 0 Å². The van der Waals surface area contributed by atoms with Gasteiger partial charge in [-0.1, -0.05) is 0 Å². The summed E-state index contributed by atoms with van der Waals surface area (Å²) in [6.07, 6.45) is 0. The van der Waals surface area contributed by atoms with Gasteiger partial charge in [-0.3, -0.25) is 0 Å². The van der Waals surface area contributed by atoms with Gasteiger partial charge < -0.3 is 14.8 Å². The van der Waals surface area contributed by atoms with E-state index in [-0.39, 0.29) is 11.6 Å². The average Bonchev–Trinajstić information content (AvgIpc) is 2.36. The third kappa shape index (κ3) is 1.73. The highest BCUT2D eigenvalue weighted by Crippen LogP contribution is 2.07. The van der Waals surface area contributed by atoms with E-state index in [0.29, 0.717) is 6.61 Å². The van der Waals surface area contributed by atoms with Crippen LogP contribution in [-0.2, 0) is 4.74 Å². The fraction of sp³-hybridized carbons (Fsp3) is 0.286. The summed E-state index contributed by atoms with van der Waals surface area (Å²) in [5.74, 6) is -0.485. The first kappa shape index (κ1) is 7.65. The Morgan fingerprint density at radius 2 is 2.45 bits per heavy atom. The molecule has 1 heterocycles. The summed E-state index contributed by atoms with van der Waals surface area (Å²) in [6.45, 7) is 2.05. The zero-order valence-electron chi connectivity index (χ0n) is 6.13. The van der Waals surface area contributed by atoms with Crippen molar-refractivity contribution in [1.82, 2.24) is 4.98 Å². The lowest BCUT2D eigenvalue weighted by Crippen LogP contribution is -2.04. The number of nitrogens with one attached hydrogen (secondary N) is 1. The van der Waals surface area contributed by atoms with Crippen LogP contribution in [0.1, 0.15) is 17.4 Å². The van der Waals surface area contributed by atoms with Gasteiger partial charge in [0.25, 0.3) is 0 Å². The number of carbonyl (C=O) groups excluding carboxylic acids is 1. The first-order chi connectivity index (χ1) is 5.24. The summed E-state index contributed by atoms with van der Waals surface area (Å²) in [7, 11) is 0. The lowest BCUT2D eigenvalue weighted by molar-refractivity contribution is 0.0519. The van der Waals surface area contributed by atoms with Crippen molar-refractivity contribution in [3.05, 3.63) is 17.8 Å². The fourth-order valence-corrected chi connectivity index (χ4v) is 0.711. The summed E-state index contributed by atoms with van der Waals surface area (Å²) >= 11 is 0. The van der Waals surface area contributed by atoms with Crippen LogP contribution >= 0.6 is 0 Å². The van der Waals surface area contributed by atoms with Gasteiger partial charge >= 0.3 is 5.97 Å². The minimum absolute atomic E-state index is 0.0342. The average molecular weight is 155 g/mol. The van der Waals surface area contributed by atoms with Gasteiger partial charge in [0.2, 0.25) is 0 Å². The van der Waals surface area contributed by atoms with Gasteiger partial charge in [-0.05, 0) is 13.0 Å². The van der Waals surface area contributed by atoms with Crippen LogP contribution in [0.2, 0.25) is 0 Å². The molecular weight excluding hydrogens is 146 g/mol. The Balaban J connectivity index is 2.69. The fourth-order valence-electron chi connectivity index (χ4n) is 0.711. The van der Waals surface area contributed by atoms with E-state index in [2.05, 4.69) is 9.72 Å². The second kappa shape index (κ2) is 3.09. The highest BCUT2D eigenvalue weighted by Gasteiger charge is 2.07. The van der Waals surface area contributed by atoms with Crippen molar-refractivity contribution in [2.75, 3.05) is 6.61 Å².